The number of rotatable bonds is 4. The number of carbonyl (C=O) groups excluding carboxylic acids is 1. The van der Waals surface area contributed by atoms with Crippen molar-refractivity contribution in [2.45, 2.75) is 36.6 Å². The van der Waals surface area contributed by atoms with Crippen LogP contribution < -0.4 is 4.90 Å². The molecule has 3 fully saturated rings. The predicted octanol–water partition coefficient (Wildman–Crippen LogP) is 1.01. The maximum absolute atomic E-state index is 13.1. The van der Waals surface area contributed by atoms with Gasteiger partial charge in [0, 0.05) is 31.2 Å². The monoisotopic (exact) mass is 398 g/mol. The highest BCUT2D eigenvalue weighted by molar-refractivity contribution is 7.92. The van der Waals surface area contributed by atoms with Crippen molar-refractivity contribution >= 4 is 31.5 Å². The molecule has 1 aromatic rings. The SMILES string of the molecule is O=C1CCCN1c1ccc(S(=O)(=O)N2CCS(=O)(=O)CC2C2CC2)cc1. The van der Waals surface area contributed by atoms with Crippen LogP contribution in [0, 0.1) is 5.92 Å². The quantitative estimate of drug-likeness (QED) is 0.755. The van der Waals surface area contributed by atoms with E-state index in [1.165, 1.54) is 16.4 Å². The van der Waals surface area contributed by atoms with Crippen molar-refractivity contribution in [1.29, 1.82) is 0 Å². The molecule has 0 aromatic heterocycles. The number of sulfone groups is 1. The first kappa shape index (κ1) is 17.9. The highest BCUT2D eigenvalue weighted by Crippen LogP contribution is 2.39. The number of sulfonamides is 1. The molecule has 26 heavy (non-hydrogen) atoms. The van der Waals surface area contributed by atoms with Crippen LogP contribution in [0.1, 0.15) is 25.7 Å². The Labute approximate surface area is 153 Å². The predicted molar refractivity (Wildman–Crippen MR) is 97.1 cm³/mol. The van der Waals surface area contributed by atoms with Crippen LogP contribution in [-0.2, 0) is 24.7 Å². The van der Waals surface area contributed by atoms with Gasteiger partial charge in [-0.15, -0.1) is 0 Å². The Bertz CT molecular complexity index is 920. The second-order valence-electron chi connectivity index (χ2n) is 7.28. The zero-order valence-corrected chi connectivity index (χ0v) is 16.0. The number of nitrogens with zero attached hydrogens (tertiary/aromatic N) is 2. The van der Waals surface area contributed by atoms with Crippen molar-refractivity contribution in [2.24, 2.45) is 5.92 Å². The van der Waals surface area contributed by atoms with Gasteiger partial charge in [0.1, 0.15) is 0 Å². The summed E-state index contributed by atoms with van der Waals surface area (Å²) in [6.07, 6.45) is 3.08. The van der Waals surface area contributed by atoms with Crippen molar-refractivity contribution in [3.05, 3.63) is 24.3 Å². The van der Waals surface area contributed by atoms with Crippen LogP contribution in [0.25, 0.3) is 0 Å². The van der Waals surface area contributed by atoms with E-state index in [9.17, 15) is 21.6 Å². The number of anilines is 1. The van der Waals surface area contributed by atoms with Crippen molar-refractivity contribution in [2.75, 3.05) is 29.5 Å². The lowest BCUT2D eigenvalue weighted by Gasteiger charge is -2.34. The Hall–Kier alpha value is -1.45. The Balaban J connectivity index is 1.60. The third-order valence-corrected chi connectivity index (χ3v) is 9.00. The number of amides is 1. The fourth-order valence-corrected chi connectivity index (χ4v) is 7.34. The summed E-state index contributed by atoms with van der Waals surface area (Å²) < 4.78 is 51.5. The molecule has 0 bridgehead atoms. The van der Waals surface area contributed by atoms with Crippen molar-refractivity contribution in [3.63, 3.8) is 0 Å². The summed E-state index contributed by atoms with van der Waals surface area (Å²) >= 11 is 0. The Kier molecular flexibility index (Phi) is 4.36. The van der Waals surface area contributed by atoms with Gasteiger partial charge >= 0.3 is 0 Å². The van der Waals surface area contributed by atoms with E-state index in [1.807, 2.05) is 0 Å². The van der Waals surface area contributed by atoms with Gasteiger partial charge in [-0.25, -0.2) is 16.8 Å². The molecule has 1 aliphatic carbocycles. The van der Waals surface area contributed by atoms with Crippen LogP contribution in [0.3, 0.4) is 0 Å². The summed E-state index contributed by atoms with van der Waals surface area (Å²) in [6, 6.07) is 5.89. The number of benzene rings is 1. The summed E-state index contributed by atoms with van der Waals surface area (Å²) in [5, 5.41) is 0. The normalized spacial score (nSPS) is 27.0. The Morgan fingerprint density at radius 1 is 1.04 bits per heavy atom. The summed E-state index contributed by atoms with van der Waals surface area (Å²) in [5.41, 5.74) is 0.700. The van der Waals surface area contributed by atoms with Crippen LogP contribution in [0.2, 0.25) is 0 Å². The minimum atomic E-state index is -3.75. The molecule has 0 N–H and O–H groups in total. The van der Waals surface area contributed by atoms with Crippen molar-refractivity contribution in [3.8, 4) is 0 Å². The van der Waals surface area contributed by atoms with Gasteiger partial charge in [-0.3, -0.25) is 4.79 Å². The van der Waals surface area contributed by atoms with E-state index < -0.39 is 25.9 Å². The molecule has 2 saturated heterocycles. The van der Waals surface area contributed by atoms with Crippen molar-refractivity contribution in [1.82, 2.24) is 4.31 Å². The maximum atomic E-state index is 13.1. The van der Waals surface area contributed by atoms with E-state index >= 15 is 0 Å². The lowest BCUT2D eigenvalue weighted by Crippen LogP contribution is -2.52. The summed E-state index contributed by atoms with van der Waals surface area (Å²) in [6.45, 7) is 0.664. The van der Waals surface area contributed by atoms with Gasteiger partial charge in [0.2, 0.25) is 15.9 Å². The second-order valence-corrected chi connectivity index (χ2v) is 11.4. The molecule has 9 heteroatoms. The Morgan fingerprint density at radius 3 is 2.31 bits per heavy atom. The highest BCUT2D eigenvalue weighted by Gasteiger charge is 2.46. The molecule has 3 aliphatic rings. The number of carbonyl (C=O) groups is 1. The largest absolute Gasteiger partial charge is 0.312 e. The van der Waals surface area contributed by atoms with Crippen LogP contribution in [-0.4, -0.2) is 57.7 Å². The molecule has 142 valence electrons. The van der Waals surface area contributed by atoms with E-state index in [0.717, 1.165) is 19.3 Å². The summed E-state index contributed by atoms with van der Waals surface area (Å²) in [5.74, 6) is -0.0236. The van der Waals surface area contributed by atoms with Gasteiger partial charge in [0.05, 0.1) is 16.4 Å². The second kappa shape index (κ2) is 6.31. The summed E-state index contributed by atoms with van der Waals surface area (Å²) in [7, 11) is -6.94. The van der Waals surface area contributed by atoms with Gasteiger partial charge in [0.15, 0.2) is 9.84 Å². The van der Waals surface area contributed by atoms with Crippen molar-refractivity contribution < 1.29 is 21.6 Å². The standard InChI is InChI=1S/C17H22N2O5S2/c20-17-2-1-9-18(17)14-5-7-15(8-6-14)26(23,24)19-10-11-25(21,22)12-16(19)13-3-4-13/h5-8,13,16H,1-4,9-12H2. The average molecular weight is 399 g/mol. The molecule has 4 rings (SSSR count). The number of hydrogen-bond acceptors (Lipinski definition) is 5. The van der Waals surface area contributed by atoms with E-state index in [-0.39, 0.29) is 34.8 Å². The first-order valence-electron chi connectivity index (χ1n) is 8.91. The molecular formula is C17H22N2O5S2. The van der Waals surface area contributed by atoms with Crippen LogP contribution in [0.5, 0.6) is 0 Å². The fourth-order valence-electron chi connectivity index (χ4n) is 3.83. The minimum absolute atomic E-state index is 0.0121. The first-order chi connectivity index (χ1) is 12.3. The molecule has 1 aromatic carbocycles. The topological polar surface area (TPSA) is 91.8 Å². The lowest BCUT2D eigenvalue weighted by molar-refractivity contribution is -0.117. The smallest absolute Gasteiger partial charge is 0.243 e. The highest BCUT2D eigenvalue weighted by atomic mass is 32.2. The van der Waals surface area contributed by atoms with E-state index in [2.05, 4.69) is 0 Å². The third kappa shape index (κ3) is 3.27. The maximum Gasteiger partial charge on any atom is 0.243 e. The minimum Gasteiger partial charge on any atom is -0.312 e. The third-order valence-electron chi connectivity index (χ3n) is 5.41. The van der Waals surface area contributed by atoms with Gasteiger partial charge < -0.3 is 4.90 Å². The van der Waals surface area contributed by atoms with Crippen LogP contribution in [0.4, 0.5) is 5.69 Å². The average Bonchev–Trinajstić information content (AvgIpc) is 3.35. The van der Waals surface area contributed by atoms with Gasteiger partial charge in [0.25, 0.3) is 0 Å². The summed E-state index contributed by atoms with van der Waals surface area (Å²) in [4.78, 5) is 13.6. The zero-order chi connectivity index (χ0) is 18.5. The molecule has 2 aliphatic heterocycles. The fraction of sp³-hybridized carbons (Fsp3) is 0.588. The van der Waals surface area contributed by atoms with Crippen LogP contribution >= 0.6 is 0 Å². The first-order valence-corrected chi connectivity index (χ1v) is 12.2. The molecule has 1 unspecified atom stereocenters. The van der Waals surface area contributed by atoms with E-state index in [1.54, 1.807) is 17.0 Å². The zero-order valence-electron chi connectivity index (χ0n) is 14.4. The molecule has 0 radical (unpaired) electrons. The molecule has 1 amide bonds. The van der Waals surface area contributed by atoms with E-state index in [4.69, 9.17) is 0 Å². The van der Waals surface area contributed by atoms with E-state index in [0.29, 0.717) is 18.7 Å². The number of hydrogen-bond donors (Lipinski definition) is 0. The molecule has 1 saturated carbocycles. The molecule has 0 spiro atoms. The lowest BCUT2D eigenvalue weighted by atomic mass is 10.2. The van der Waals surface area contributed by atoms with Crippen LogP contribution in [0.15, 0.2) is 29.2 Å². The molecule has 1 atom stereocenters. The van der Waals surface area contributed by atoms with Gasteiger partial charge in [-0.2, -0.15) is 4.31 Å². The van der Waals surface area contributed by atoms with Gasteiger partial charge in [-0.05, 0) is 49.4 Å². The van der Waals surface area contributed by atoms with Gasteiger partial charge in [-0.1, -0.05) is 0 Å². The molecule has 7 nitrogen and oxygen atoms in total. The molecule has 2 heterocycles. The Morgan fingerprint density at radius 2 is 1.73 bits per heavy atom. The molecular weight excluding hydrogens is 376 g/mol.